The van der Waals surface area contributed by atoms with Gasteiger partial charge >= 0.3 is 0 Å². The second kappa shape index (κ2) is 3.17. The van der Waals surface area contributed by atoms with Gasteiger partial charge in [0.05, 0.1) is 19.4 Å². The number of benzene rings is 1. The van der Waals surface area contributed by atoms with Gasteiger partial charge in [0, 0.05) is 5.56 Å². The van der Waals surface area contributed by atoms with E-state index < -0.39 is 0 Å². The van der Waals surface area contributed by atoms with Gasteiger partial charge < -0.3 is 15.2 Å². The molecule has 3 heteroatoms. The summed E-state index contributed by atoms with van der Waals surface area (Å²) in [5.41, 5.74) is 7.57. The van der Waals surface area contributed by atoms with Gasteiger partial charge in [-0.05, 0) is 25.0 Å². The molecule has 13 heavy (non-hydrogen) atoms. The van der Waals surface area contributed by atoms with Gasteiger partial charge in [0.1, 0.15) is 11.5 Å². The Morgan fingerprint density at radius 3 is 3.08 bits per heavy atom. The molecule has 1 aliphatic heterocycles. The molecule has 0 unspecified atom stereocenters. The molecule has 1 aliphatic rings. The van der Waals surface area contributed by atoms with Crippen LogP contribution in [-0.2, 0) is 6.42 Å². The van der Waals surface area contributed by atoms with Crippen molar-refractivity contribution in [1.29, 1.82) is 0 Å². The first-order valence-electron chi connectivity index (χ1n) is 4.41. The van der Waals surface area contributed by atoms with Crippen LogP contribution in [0.1, 0.15) is 12.0 Å². The quantitative estimate of drug-likeness (QED) is 0.666. The molecule has 0 atom stereocenters. The molecule has 0 amide bonds. The third kappa shape index (κ3) is 1.30. The molecular formula is C10H13NO2. The van der Waals surface area contributed by atoms with Crippen molar-refractivity contribution in [3.05, 3.63) is 17.7 Å². The van der Waals surface area contributed by atoms with Crippen molar-refractivity contribution in [3.63, 3.8) is 0 Å². The Morgan fingerprint density at radius 1 is 1.46 bits per heavy atom. The Bertz CT molecular complexity index is 323. The Kier molecular flexibility index (Phi) is 2.00. The molecule has 1 aromatic carbocycles. The third-order valence-electron chi connectivity index (χ3n) is 2.28. The van der Waals surface area contributed by atoms with Gasteiger partial charge in [-0.3, -0.25) is 0 Å². The zero-order valence-corrected chi connectivity index (χ0v) is 7.67. The molecule has 3 nitrogen and oxygen atoms in total. The van der Waals surface area contributed by atoms with Gasteiger partial charge in [-0.1, -0.05) is 0 Å². The van der Waals surface area contributed by atoms with Crippen molar-refractivity contribution in [1.82, 2.24) is 0 Å². The molecule has 0 aromatic heterocycles. The lowest BCUT2D eigenvalue weighted by molar-refractivity contribution is 0.282. The van der Waals surface area contributed by atoms with E-state index >= 15 is 0 Å². The van der Waals surface area contributed by atoms with Crippen LogP contribution in [-0.4, -0.2) is 13.7 Å². The summed E-state index contributed by atoms with van der Waals surface area (Å²) in [6, 6.07) is 3.73. The average molecular weight is 179 g/mol. The van der Waals surface area contributed by atoms with E-state index in [0.717, 1.165) is 36.5 Å². The molecule has 0 spiro atoms. The first kappa shape index (κ1) is 8.23. The fourth-order valence-electron chi connectivity index (χ4n) is 1.67. The zero-order valence-electron chi connectivity index (χ0n) is 7.67. The second-order valence-corrected chi connectivity index (χ2v) is 3.12. The second-order valence-electron chi connectivity index (χ2n) is 3.12. The number of fused-ring (bicyclic) bond motifs is 1. The summed E-state index contributed by atoms with van der Waals surface area (Å²) in [6.07, 6.45) is 2.02. The molecule has 70 valence electrons. The average Bonchev–Trinajstić information content (AvgIpc) is 2.18. The fraction of sp³-hybridized carbons (Fsp3) is 0.400. The Labute approximate surface area is 77.5 Å². The van der Waals surface area contributed by atoms with Crippen LogP contribution in [0.4, 0.5) is 5.69 Å². The Balaban J connectivity index is 2.52. The standard InChI is InChI=1S/C10H13NO2/c1-12-10-7-3-2-6-13-9(7)5-4-8(10)11/h4-5H,2-3,6,11H2,1H3. The van der Waals surface area contributed by atoms with E-state index in [2.05, 4.69) is 0 Å². The van der Waals surface area contributed by atoms with Gasteiger partial charge in [-0.2, -0.15) is 0 Å². The molecule has 1 aromatic rings. The van der Waals surface area contributed by atoms with Crippen LogP contribution in [0.25, 0.3) is 0 Å². The minimum Gasteiger partial charge on any atom is -0.494 e. The summed E-state index contributed by atoms with van der Waals surface area (Å²) in [5.74, 6) is 1.69. The maximum atomic E-state index is 5.77. The lowest BCUT2D eigenvalue weighted by Crippen LogP contribution is -2.10. The minimum atomic E-state index is 0.687. The maximum Gasteiger partial charge on any atom is 0.148 e. The number of hydrogen-bond acceptors (Lipinski definition) is 3. The molecule has 0 aliphatic carbocycles. The highest BCUT2D eigenvalue weighted by Crippen LogP contribution is 2.36. The van der Waals surface area contributed by atoms with E-state index in [9.17, 15) is 0 Å². The first-order chi connectivity index (χ1) is 6.33. The monoisotopic (exact) mass is 179 g/mol. The van der Waals surface area contributed by atoms with E-state index in [1.807, 2.05) is 12.1 Å². The van der Waals surface area contributed by atoms with Crippen molar-refractivity contribution < 1.29 is 9.47 Å². The summed E-state index contributed by atoms with van der Waals surface area (Å²) in [5, 5.41) is 0. The summed E-state index contributed by atoms with van der Waals surface area (Å²) in [7, 11) is 1.64. The number of rotatable bonds is 1. The van der Waals surface area contributed by atoms with Gasteiger partial charge in [0.25, 0.3) is 0 Å². The van der Waals surface area contributed by atoms with Crippen LogP contribution < -0.4 is 15.2 Å². The van der Waals surface area contributed by atoms with Crippen molar-refractivity contribution in [2.24, 2.45) is 0 Å². The number of hydrogen-bond donors (Lipinski definition) is 1. The minimum absolute atomic E-state index is 0.687. The van der Waals surface area contributed by atoms with Gasteiger partial charge in [0.15, 0.2) is 0 Å². The number of ether oxygens (including phenoxy) is 2. The smallest absolute Gasteiger partial charge is 0.148 e. The largest absolute Gasteiger partial charge is 0.494 e. The number of nitrogen functional groups attached to an aromatic ring is 1. The van der Waals surface area contributed by atoms with Gasteiger partial charge in [-0.15, -0.1) is 0 Å². The summed E-state index contributed by atoms with van der Waals surface area (Å²) in [4.78, 5) is 0. The number of methoxy groups -OCH3 is 1. The number of nitrogens with two attached hydrogens (primary N) is 1. The van der Waals surface area contributed by atoms with E-state index in [1.54, 1.807) is 7.11 Å². The molecule has 2 N–H and O–H groups in total. The maximum absolute atomic E-state index is 5.77. The third-order valence-corrected chi connectivity index (χ3v) is 2.28. The van der Waals surface area contributed by atoms with E-state index in [0.29, 0.717) is 5.69 Å². The normalized spacial score (nSPS) is 14.5. The van der Waals surface area contributed by atoms with Crippen molar-refractivity contribution in [3.8, 4) is 11.5 Å². The van der Waals surface area contributed by atoms with Crippen molar-refractivity contribution in [2.75, 3.05) is 19.5 Å². The van der Waals surface area contributed by atoms with Gasteiger partial charge in [0.2, 0.25) is 0 Å². The van der Waals surface area contributed by atoms with E-state index in [4.69, 9.17) is 15.2 Å². The molecule has 0 saturated heterocycles. The Hall–Kier alpha value is -1.38. The Morgan fingerprint density at radius 2 is 2.31 bits per heavy atom. The molecule has 2 rings (SSSR count). The van der Waals surface area contributed by atoms with Crippen LogP contribution in [0.15, 0.2) is 12.1 Å². The predicted octanol–water partition coefficient (Wildman–Crippen LogP) is 1.60. The highest BCUT2D eigenvalue weighted by Gasteiger charge is 2.16. The summed E-state index contributed by atoms with van der Waals surface area (Å²) in [6.45, 7) is 0.792. The van der Waals surface area contributed by atoms with E-state index in [1.165, 1.54) is 0 Å². The van der Waals surface area contributed by atoms with Crippen LogP contribution in [0.3, 0.4) is 0 Å². The number of anilines is 1. The molecule has 1 heterocycles. The lowest BCUT2D eigenvalue weighted by atomic mass is 10.0. The van der Waals surface area contributed by atoms with Crippen LogP contribution in [0.2, 0.25) is 0 Å². The summed E-state index contributed by atoms with van der Waals surface area (Å²) >= 11 is 0. The molecule has 0 fully saturated rings. The highest BCUT2D eigenvalue weighted by atomic mass is 16.5. The van der Waals surface area contributed by atoms with Crippen LogP contribution >= 0.6 is 0 Å². The molecule has 0 saturated carbocycles. The van der Waals surface area contributed by atoms with Crippen molar-refractivity contribution in [2.45, 2.75) is 12.8 Å². The topological polar surface area (TPSA) is 44.5 Å². The SMILES string of the molecule is COc1c(N)ccc2c1CCCO2. The first-order valence-corrected chi connectivity index (χ1v) is 4.41. The zero-order chi connectivity index (χ0) is 9.26. The lowest BCUT2D eigenvalue weighted by Gasteiger charge is -2.20. The van der Waals surface area contributed by atoms with Crippen molar-refractivity contribution >= 4 is 5.69 Å². The van der Waals surface area contributed by atoms with E-state index in [-0.39, 0.29) is 0 Å². The fourth-order valence-corrected chi connectivity index (χ4v) is 1.67. The van der Waals surface area contributed by atoms with Crippen LogP contribution in [0, 0.1) is 0 Å². The summed E-state index contributed by atoms with van der Waals surface area (Å²) < 4.78 is 10.7. The van der Waals surface area contributed by atoms with Gasteiger partial charge in [-0.25, -0.2) is 0 Å². The van der Waals surface area contributed by atoms with Crippen LogP contribution in [0.5, 0.6) is 11.5 Å². The predicted molar refractivity (Wildman–Crippen MR) is 51.2 cm³/mol. The molecule has 0 radical (unpaired) electrons. The molecule has 0 bridgehead atoms. The highest BCUT2D eigenvalue weighted by molar-refractivity contribution is 5.62. The molecular weight excluding hydrogens is 166 g/mol.